The third kappa shape index (κ3) is 24.8. The van der Waals surface area contributed by atoms with Crippen LogP contribution in [0.2, 0.25) is 0 Å². The maximum atomic E-state index is 12.7. The zero-order valence-electron chi connectivity index (χ0n) is 32.3. The van der Waals surface area contributed by atoms with Gasteiger partial charge in [0.25, 0.3) is 0 Å². The maximum Gasteiger partial charge on any atom is 0.306 e. The second kappa shape index (κ2) is 33.2. The van der Waals surface area contributed by atoms with E-state index >= 15 is 0 Å². The molecule has 0 bridgehead atoms. The molecule has 10 nitrogen and oxygen atoms in total. The van der Waals surface area contributed by atoms with E-state index in [1.165, 1.54) is 19.3 Å². The van der Waals surface area contributed by atoms with Crippen LogP contribution >= 0.6 is 0 Å². The Morgan fingerprint density at radius 2 is 1.13 bits per heavy atom. The minimum atomic E-state index is -1.60. The topological polar surface area (TPSA) is 152 Å². The van der Waals surface area contributed by atoms with Gasteiger partial charge in [0.05, 0.1) is 13.2 Å². The molecule has 0 spiro atoms. The Morgan fingerprint density at radius 1 is 0.615 bits per heavy atom. The highest BCUT2D eigenvalue weighted by Gasteiger charge is 2.44. The lowest BCUT2D eigenvalue weighted by atomic mass is 9.99. The summed E-state index contributed by atoms with van der Waals surface area (Å²) in [4.78, 5) is 25.2. The normalized spacial score (nSPS) is 21.5. The van der Waals surface area contributed by atoms with Gasteiger partial charge in [0.15, 0.2) is 12.4 Å². The first-order valence-electron chi connectivity index (χ1n) is 20.2. The maximum absolute atomic E-state index is 12.7. The van der Waals surface area contributed by atoms with E-state index in [9.17, 15) is 30.0 Å². The second-order valence-corrected chi connectivity index (χ2v) is 13.7. The van der Waals surface area contributed by atoms with Crippen LogP contribution in [0.3, 0.4) is 0 Å². The summed E-state index contributed by atoms with van der Waals surface area (Å²) in [7, 11) is 0. The molecule has 1 aliphatic rings. The molecule has 0 radical (unpaired) electrons. The number of carbonyl (C=O) groups is 2. The number of aliphatic hydroxyl groups excluding tert-OH is 4. The molecule has 1 heterocycles. The van der Waals surface area contributed by atoms with Crippen LogP contribution in [-0.4, -0.2) is 89.0 Å². The van der Waals surface area contributed by atoms with E-state index in [0.29, 0.717) is 12.8 Å². The van der Waals surface area contributed by atoms with Crippen molar-refractivity contribution >= 4 is 11.9 Å². The Kier molecular flexibility index (Phi) is 30.5. The molecule has 0 aromatic carbocycles. The fourth-order valence-corrected chi connectivity index (χ4v) is 5.72. The molecule has 0 saturated carbocycles. The van der Waals surface area contributed by atoms with E-state index in [2.05, 4.69) is 62.5 Å². The van der Waals surface area contributed by atoms with Crippen LogP contribution in [0.1, 0.15) is 149 Å². The quantitative estimate of drug-likeness (QED) is 0.0307. The van der Waals surface area contributed by atoms with Gasteiger partial charge in [-0.15, -0.1) is 0 Å². The van der Waals surface area contributed by atoms with Gasteiger partial charge in [0.2, 0.25) is 0 Å². The zero-order valence-corrected chi connectivity index (χ0v) is 32.3. The van der Waals surface area contributed by atoms with Gasteiger partial charge in [-0.1, -0.05) is 114 Å². The van der Waals surface area contributed by atoms with Crippen LogP contribution in [0.25, 0.3) is 0 Å². The molecule has 0 amide bonds. The molecule has 6 atom stereocenters. The number of rotatable bonds is 32. The van der Waals surface area contributed by atoms with E-state index in [1.807, 2.05) is 0 Å². The van der Waals surface area contributed by atoms with Crippen LogP contribution in [0, 0.1) is 0 Å². The first kappa shape index (κ1) is 47.7. The Labute approximate surface area is 314 Å². The molecule has 1 rings (SSSR count). The molecule has 0 aromatic rings. The number of aliphatic hydroxyl groups is 4. The molecule has 1 saturated heterocycles. The van der Waals surface area contributed by atoms with E-state index < -0.39 is 55.4 Å². The summed E-state index contributed by atoms with van der Waals surface area (Å²) in [5.41, 5.74) is 0. The average molecular weight is 737 g/mol. The number of ether oxygens (including phenoxy) is 4. The lowest BCUT2D eigenvalue weighted by molar-refractivity contribution is -0.305. The molecular formula is C42H72O10. The van der Waals surface area contributed by atoms with E-state index in [0.717, 1.165) is 89.9 Å². The van der Waals surface area contributed by atoms with Crippen molar-refractivity contribution in [2.45, 2.75) is 185 Å². The lowest BCUT2D eigenvalue weighted by Crippen LogP contribution is -2.59. The van der Waals surface area contributed by atoms with Crippen molar-refractivity contribution in [3.8, 4) is 0 Å². The SMILES string of the molecule is CC/C=C/C/C=C/C/C=C/CCCCCCCC(=O)OC[C@@H](CO[C@H]1O[C@@H](CO)[C@@H](O)C(O)C1O)OC(=O)CCCCCCC/C=C/CCCCC. The lowest BCUT2D eigenvalue weighted by Gasteiger charge is -2.39. The van der Waals surface area contributed by atoms with Crippen LogP contribution < -0.4 is 0 Å². The van der Waals surface area contributed by atoms with Gasteiger partial charge in [-0.3, -0.25) is 9.59 Å². The van der Waals surface area contributed by atoms with Crippen molar-refractivity contribution in [3.05, 3.63) is 48.6 Å². The highest BCUT2D eigenvalue weighted by molar-refractivity contribution is 5.70. The highest BCUT2D eigenvalue weighted by atomic mass is 16.7. The molecule has 2 unspecified atom stereocenters. The summed E-state index contributed by atoms with van der Waals surface area (Å²) in [6, 6.07) is 0. The number of carbonyl (C=O) groups excluding carboxylic acids is 2. The van der Waals surface area contributed by atoms with Crippen molar-refractivity contribution in [1.82, 2.24) is 0 Å². The molecule has 0 aromatic heterocycles. The predicted octanol–water partition coefficient (Wildman–Crippen LogP) is 7.71. The van der Waals surface area contributed by atoms with Crippen LogP contribution in [0.5, 0.6) is 0 Å². The number of hydrogen-bond donors (Lipinski definition) is 4. The summed E-state index contributed by atoms with van der Waals surface area (Å²) >= 11 is 0. The van der Waals surface area contributed by atoms with Crippen molar-refractivity contribution in [1.29, 1.82) is 0 Å². The van der Waals surface area contributed by atoms with Gasteiger partial charge in [-0.2, -0.15) is 0 Å². The first-order valence-corrected chi connectivity index (χ1v) is 20.2. The smallest absolute Gasteiger partial charge is 0.306 e. The molecule has 52 heavy (non-hydrogen) atoms. The van der Waals surface area contributed by atoms with E-state index in [1.54, 1.807) is 0 Å². The van der Waals surface area contributed by atoms with E-state index in [4.69, 9.17) is 18.9 Å². The molecule has 1 fully saturated rings. The van der Waals surface area contributed by atoms with Crippen LogP contribution in [0.4, 0.5) is 0 Å². The van der Waals surface area contributed by atoms with Gasteiger partial charge < -0.3 is 39.4 Å². The third-order valence-electron chi connectivity index (χ3n) is 8.95. The summed E-state index contributed by atoms with van der Waals surface area (Å²) in [5.74, 6) is -0.842. The molecule has 1 aliphatic heterocycles. The fourth-order valence-electron chi connectivity index (χ4n) is 5.72. The third-order valence-corrected chi connectivity index (χ3v) is 8.95. The van der Waals surface area contributed by atoms with Crippen molar-refractivity contribution < 1.29 is 49.0 Å². The average Bonchev–Trinajstić information content (AvgIpc) is 3.14. The highest BCUT2D eigenvalue weighted by Crippen LogP contribution is 2.22. The van der Waals surface area contributed by atoms with Crippen LogP contribution in [0.15, 0.2) is 48.6 Å². The fraction of sp³-hybridized carbons (Fsp3) is 0.762. The first-order chi connectivity index (χ1) is 25.3. The largest absolute Gasteiger partial charge is 0.462 e. The Hall–Kier alpha value is -2.34. The van der Waals surface area contributed by atoms with Gasteiger partial charge in [0, 0.05) is 12.8 Å². The number of unbranched alkanes of at least 4 members (excludes halogenated alkanes) is 13. The standard InChI is InChI=1S/C42H72O10/c1-3-5-7-9-11-13-15-17-18-19-21-22-24-26-28-30-37(44)49-33-35(34-50-42-41(48)40(47)39(46)36(32-43)52-42)51-38(45)31-29-27-25-23-20-16-14-12-10-8-6-4-2/h5,7,11-14,17-18,35-36,39-43,46-48H,3-4,6,8-10,15-16,19-34H2,1-2H3/b7-5+,13-11+,14-12+,18-17+/t35-,36-,39+,40?,41?,42-/m0/s1. The second-order valence-electron chi connectivity index (χ2n) is 13.7. The molecule has 0 aliphatic carbocycles. The monoisotopic (exact) mass is 737 g/mol. The summed E-state index contributed by atoms with van der Waals surface area (Å²) in [6.45, 7) is 3.23. The van der Waals surface area contributed by atoms with Gasteiger partial charge in [-0.25, -0.2) is 0 Å². The Bertz CT molecular complexity index is 991. The summed E-state index contributed by atoms with van der Waals surface area (Å²) in [6.07, 6.45) is 29.8. The van der Waals surface area contributed by atoms with Crippen LogP contribution in [-0.2, 0) is 28.5 Å². The number of allylic oxidation sites excluding steroid dienone is 8. The minimum Gasteiger partial charge on any atom is -0.462 e. The predicted molar refractivity (Wildman–Crippen MR) is 205 cm³/mol. The molecule has 300 valence electrons. The Morgan fingerprint density at radius 3 is 1.73 bits per heavy atom. The zero-order chi connectivity index (χ0) is 38.1. The molecular weight excluding hydrogens is 664 g/mol. The van der Waals surface area contributed by atoms with E-state index in [-0.39, 0.29) is 26.1 Å². The minimum absolute atomic E-state index is 0.214. The van der Waals surface area contributed by atoms with Gasteiger partial charge in [-0.05, 0) is 70.6 Å². The van der Waals surface area contributed by atoms with Crippen molar-refractivity contribution in [2.75, 3.05) is 19.8 Å². The van der Waals surface area contributed by atoms with Crippen molar-refractivity contribution in [2.24, 2.45) is 0 Å². The summed E-state index contributed by atoms with van der Waals surface area (Å²) < 4.78 is 22.0. The van der Waals surface area contributed by atoms with Crippen molar-refractivity contribution in [3.63, 3.8) is 0 Å². The Balaban J connectivity index is 2.39. The van der Waals surface area contributed by atoms with Gasteiger partial charge in [0.1, 0.15) is 31.0 Å². The summed E-state index contributed by atoms with van der Waals surface area (Å²) in [5, 5.41) is 39.9. The van der Waals surface area contributed by atoms with Gasteiger partial charge >= 0.3 is 11.9 Å². The molecule has 10 heteroatoms. The molecule has 4 N–H and O–H groups in total. The number of hydrogen-bond acceptors (Lipinski definition) is 10. The number of esters is 2.